The molecule has 0 saturated carbocycles. The molecule has 0 aliphatic carbocycles. The maximum atomic E-state index is 13.1. The summed E-state index contributed by atoms with van der Waals surface area (Å²) in [5.41, 5.74) is 1.19. The number of ether oxygens (including phenoxy) is 1. The minimum Gasteiger partial charge on any atom is -0.493 e. The number of nitrogens with zero attached hydrogens (tertiary/aromatic N) is 4. The van der Waals surface area contributed by atoms with Gasteiger partial charge < -0.3 is 23.9 Å². The summed E-state index contributed by atoms with van der Waals surface area (Å²) < 4.78 is 11.3. The third kappa shape index (κ3) is 6.42. The molecular formula is C29H35ClN4O5. The van der Waals surface area contributed by atoms with Crippen LogP contribution in [0.5, 0.6) is 5.75 Å². The van der Waals surface area contributed by atoms with Crippen LogP contribution in [0.4, 0.5) is 11.4 Å². The van der Waals surface area contributed by atoms with E-state index in [4.69, 9.17) is 9.15 Å². The number of carbonyl (C=O) groups excluding carboxylic acids is 3. The molecule has 3 aromatic rings. The first-order valence-electron chi connectivity index (χ1n) is 12.8. The molecule has 9 nitrogen and oxygen atoms in total. The van der Waals surface area contributed by atoms with Crippen LogP contribution >= 0.6 is 12.4 Å². The number of pyridine rings is 1. The second kappa shape index (κ2) is 12.8. The Morgan fingerprint density at radius 1 is 1.08 bits per heavy atom. The lowest BCUT2D eigenvalue weighted by molar-refractivity contribution is -0.137. The molecule has 0 atom stereocenters. The van der Waals surface area contributed by atoms with Crippen LogP contribution < -0.4 is 14.5 Å². The Hall–Kier alpha value is -3.85. The van der Waals surface area contributed by atoms with Crippen molar-refractivity contribution in [3.63, 3.8) is 0 Å². The van der Waals surface area contributed by atoms with Crippen LogP contribution in [-0.4, -0.2) is 60.9 Å². The van der Waals surface area contributed by atoms with Gasteiger partial charge in [-0.25, -0.2) is 0 Å². The summed E-state index contributed by atoms with van der Waals surface area (Å²) in [6.45, 7) is 7.03. The van der Waals surface area contributed by atoms with Gasteiger partial charge in [0.25, 0.3) is 5.91 Å². The van der Waals surface area contributed by atoms with Crippen LogP contribution in [0, 0.1) is 5.41 Å². The number of furan rings is 1. The highest BCUT2D eigenvalue weighted by Gasteiger charge is 2.45. The summed E-state index contributed by atoms with van der Waals surface area (Å²) in [7, 11) is 1.68. The van der Waals surface area contributed by atoms with E-state index in [0.29, 0.717) is 62.0 Å². The van der Waals surface area contributed by atoms with Gasteiger partial charge in [-0.1, -0.05) is 6.07 Å². The summed E-state index contributed by atoms with van der Waals surface area (Å²) in [5.74, 6) is 0.227. The van der Waals surface area contributed by atoms with Crippen LogP contribution in [-0.2, 0) is 16.0 Å². The van der Waals surface area contributed by atoms with Crippen molar-refractivity contribution in [3.05, 3.63) is 72.4 Å². The zero-order chi connectivity index (χ0) is 27.3. The van der Waals surface area contributed by atoms with E-state index in [1.165, 1.54) is 11.2 Å². The molecule has 3 amide bonds. The molecule has 4 rings (SSSR count). The van der Waals surface area contributed by atoms with Gasteiger partial charge in [0.1, 0.15) is 11.2 Å². The molecule has 1 aromatic carbocycles. The molecule has 0 bridgehead atoms. The topological polar surface area (TPSA) is 96.2 Å². The van der Waals surface area contributed by atoms with Crippen LogP contribution in [0.1, 0.15) is 43.3 Å². The molecule has 0 N–H and O–H groups in total. The zero-order valence-electron chi connectivity index (χ0n) is 22.8. The Balaban J connectivity index is 0.00000420. The Labute approximate surface area is 235 Å². The quantitative estimate of drug-likeness (QED) is 0.268. The van der Waals surface area contributed by atoms with Crippen LogP contribution in [0.15, 0.2) is 65.5 Å². The Bertz CT molecular complexity index is 1280. The van der Waals surface area contributed by atoms with Crippen LogP contribution in [0.25, 0.3) is 0 Å². The Morgan fingerprint density at radius 3 is 2.54 bits per heavy atom. The maximum absolute atomic E-state index is 13.1. The fourth-order valence-electron chi connectivity index (χ4n) is 4.60. The Morgan fingerprint density at radius 2 is 1.87 bits per heavy atom. The molecule has 2 aromatic heterocycles. The van der Waals surface area contributed by atoms with E-state index in [-0.39, 0.29) is 30.1 Å². The molecule has 1 aliphatic rings. The fourth-order valence-corrected chi connectivity index (χ4v) is 4.60. The third-order valence-corrected chi connectivity index (χ3v) is 6.79. The molecule has 3 heterocycles. The van der Waals surface area contributed by atoms with Gasteiger partial charge in [0.05, 0.1) is 24.2 Å². The number of hydrogen-bond donors (Lipinski definition) is 0. The number of aromatic nitrogens is 1. The summed E-state index contributed by atoms with van der Waals surface area (Å²) in [6.07, 6.45) is 6.28. The van der Waals surface area contributed by atoms with Crippen molar-refractivity contribution < 1.29 is 23.5 Å². The summed E-state index contributed by atoms with van der Waals surface area (Å²) in [5, 5.41) is 0. The number of anilines is 2. The van der Waals surface area contributed by atoms with Crippen molar-refractivity contribution in [1.29, 1.82) is 0 Å². The number of amides is 3. The summed E-state index contributed by atoms with van der Waals surface area (Å²) in [4.78, 5) is 48.2. The van der Waals surface area contributed by atoms with E-state index >= 15 is 0 Å². The largest absolute Gasteiger partial charge is 0.493 e. The Kier molecular flexibility index (Phi) is 9.75. The van der Waals surface area contributed by atoms with Crippen LogP contribution in [0.2, 0.25) is 0 Å². The maximum Gasteiger partial charge on any atom is 0.289 e. The fraction of sp³-hybridized carbons (Fsp3) is 0.379. The minimum absolute atomic E-state index is 0. The lowest BCUT2D eigenvalue weighted by Crippen LogP contribution is -2.47. The number of fused-ring (bicyclic) bond motifs is 1. The second-order valence-electron chi connectivity index (χ2n) is 9.77. The van der Waals surface area contributed by atoms with Gasteiger partial charge in [0.15, 0.2) is 5.76 Å². The molecule has 10 heteroatoms. The van der Waals surface area contributed by atoms with E-state index in [2.05, 4.69) is 4.98 Å². The number of carbonyl (C=O) groups is 3. The molecule has 0 unspecified atom stereocenters. The highest BCUT2D eigenvalue weighted by molar-refractivity contribution is 6.20. The highest BCUT2D eigenvalue weighted by atomic mass is 35.5. The van der Waals surface area contributed by atoms with E-state index < -0.39 is 5.41 Å². The van der Waals surface area contributed by atoms with Crippen molar-refractivity contribution in [1.82, 2.24) is 9.88 Å². The van der Waals surface area contributed by atoms with Crippen molar-refractivity contribution in [3.8, 4) is 5.75 Å². The van der Waals surface area contributed by atoms with Crippen LogP contribution in [0.3, 0.4) is 0 Å². The van der Waals surface area contributed by atoms with Gasteiger partial charge in [-0.15, -0.1) is 12.4 Å². The summed E-state index contributed by atoms with van der Waals surface area (Å²) >= 11 is 0. The monoisotopic (exact) mass is 554 g/mol. The molecular weight excluding hydrogens is 520 g/mol. The van der Waals surface area contributed by atoms with E-state index in [9.17, 15) is 14.4 Å². The molecule has 0 saturated heterocycles. The third-order valence-electron chi connectivity index (χ3n) is 6.79. The molecule has 0 radical (unpaired) electrons. The van der Waals surface area contributed by atoms with Crippen molar-refractivity contribution in [2.45, 2.75) is 33.6 Å². The number of benzene rings is 1. The van der Waals surface area contributed by atoms with E-state index in [0.717, 1.165) is 5.56 Å². The average Bonchev–Trinajstić information content (AvgIpc) is 3.46. The van der Waals surface area contributed by atoms with Gasteiger partial charge in [-0.3, -0.25) is 19.4 Å². The molecule has 1 aliphatic heterocycles. The van der Waals surface area contributed by atoms with E-state index in [1.54, 1.807) is 67.4 Å². The lowest BCUT2D eigenvalue weighted by Gasteiger charge is -2.27. The van der Waals surface area contributed by atoms with Gasteiger partial charge in [-0.05, 0) is 69.5 Å². The van der Waals surface area contributed by atoms with Gasteiger partial charge in [0, 0.05) is 45.1 Å². The highest BCUT2D eigenvalue weighted by Crippen LogP contribution is 2.40. The predicted octanol–water partition coefficient (Wildman–Crippen LogP) is 4.61. The molecule has 39 heavy (non-hydrogen) atoms. The molecule has 0 spiro atoms. The second-order valence-corrected chi connectivity index (χ2v) is 9.77. The average molecular weight is 555 g/mol. The smallest absolute Gasteiger partial charge is 0.289 e. The van der Waals surface area contributed by atoms with Gasteiger partial charge in [-0.2, -0.15) is 0 Å². The molecule has 208 valence electrons. The minimum atomic E-state index is -1.16. The van der Waals surface area contributed by atoms with Gasteiger partial charge >= 0.3 is 0 Å². The molecule has 0 fully saturated rings. The number of halogens is 1. The SMILES string of the molecule is CCN1C(=O)C(C)(C)C(=O)N(C)c2cc(OCCCN(CCc3cccnc3)C(=O)c3ccco3)ccc21.Cl. The standard InChI is InChI=1S/C29H34N4O5.ClH/c1-5-33-23-12-11-22(19-24(23)31(4)27(35)29(2,3)28(33)36)37-18-8-15-32(26(34)25-10-7-17-38-25)16-13-21-9-6-14-30-20-21;/h6-7,9-12,14,17,19-20H,5,8,13,15-16,18H2,1-4H3;1H. The summed E-state index contributed by atoms with van der Waals surface area (Å²) in [6, 6.07) is 12.6. The zero-order valence-corrected chi connectivity index (χ0v) is 23.6. The van der Waals surface area contributed by atoms with E-state index in [1.807, 2.05) is 25.1 Å². The first kappa shape index (κ1) is 29.7. The predicted molar refractivity (Wildman–Crippen MR) is 152 cm³/mol. The van der Waals surface area contributed by atoms with Gasteiger partial charge in [0.2, 0.25) is 11.8 Å². The lowest BCUT2D eigenvalue weighted by atomic mass is 9.90. The number of rotatable bonds is 10. The number of hydrogen-bond acceptors (Lipinski definition) is 6. The van der Waals surface area contributed by atoms with Crippen molar-refractivity contribution >= 4 is 41.5 Å². The first-order valence-corrected chi connectivity index (χ1v) is 12.8. The normalized spacial score (nSPS) is 14.4. The van der Waals surface area contributed by atoms with Crippen molar-refractivity contribution in [2.24, 2.45) is 5.41 Å². The first-order chi connectivity index (χ1) is 18.2. The van der Waals surface area contributed by atoms with Crippen molar-refractivity contribution in [2.75, 3.05) is 43.1 Å².